The van der Waals surface area contributed by atoms with Crippen LogP contribution < -0.4 is 10.6 Å². The molecular formula is C15H23N5O3S. The molecule has 9 heteroatoms. The molecule has 24 heavy (non-hydrogen) atoms. The molecule has 1 atom stereocenters. The van der Waals surface area contributed by atoms with Crippen molar-refractivity contribution in [2.75, 3.05) is 17.3 Å². The largest absolute Gasteiger partial charge is 0.334 e. The second-order valence-electron chi connectivity index (χ2n) is 6.40. The van der Waals surface area contributed by atoms with Crippen LogP contribution in [0.5, 0.6) is 0 Å². The summed E-state index contributed by atoms with van der Waals surface area (Å²) in [7, 11) is -3.18. The van der Waals surface area contributed by atoms with Crippen LogP contribution in [0.2, 0.25) is 0 Å². The highest BCUT2D eigenvalue weighted by molar-refractivity contribution is 7.90. The van der Waals surface area contributed by atoms with Gasteiger partial charge in [0.25, 0.3) is 0 Å². The highest BCUT2D eigenvalue weighted by Gasteiger charge is 2.19. The Kier molecular flexibility index (Phi) is 5.43. The quantitative estimate of drug-likeness (QED) is 0.821. The molecular weight excluding hydrogens is 330 g/mol. The van der Waals surface area contributed by atoms with Crippen LogP contribution in [0.1, 0.15) is 26.1 Å². The summed E-state index contributed by atoms with van der Waals surface area (Å²) in [5.41, 5.74) is 1.24. The number of nitrogens with one attached hydrogen (secondary N) is 2. The fourth-order valence-electron chi connectivity index (χ4n) is 2.52. The molecule has 0 aliphatic heterocycles. The summed E-state index contributed by atoms with van der Waals surface area (Å²) in [5.74, 6) is 0.827. The minimum atomic E-state index is -3.18. The number of aryl methyl sites for hydroxylation is 1. The number of carbonyl (C=O) groups is 1. The van der Waals surface area contributed by atoms with Crippen LogP contribution in [0.4, 0.5) is 10.5 Å². The molecule has 0 aliphatic rings. The van der Waals surface area contributed by atoms with Gasteiger partial charge in [-0.3, -0.25) is 0 Å². The lowest BCUT2D eigenvalue weighted by atomic mass is 10.1. The van der Waals surface area contributed by atoms with E-state index in [0.29, 0.717) is 23.6 Å². The number of hydrogen-bond acceptors (Lipinski definition) is 5. The smallest absolute Gasteiger partial charge is 0.319 e. The van der Waals surface area contributed by atoms with Gasteiger partial charge in [0.15, 0.2) is 5.65 Å². The molecule has 2 amide bonds. The Bertz CT molecular complexity index is 829. The van der Waals surface area contributed by atoms with Gasteiger partial charge in [-0.15, -0.1) is 0 Å². The van der Waals surface area contributed by atoms with E-state index in [1.54, 1.807) is 29.8 Å². The third kappa shape index (κ3) is 5.48. The van der Waals surface area contributed by atoms with E-state index in [9.17, 15) is 13.2 Å². The summed E-state index contributed by atoms with van der Waals surface area (Å²) in [5, 5.41) is 9.62. The zero-order valence-electron chi connectivity index (χ0n) is 14.3. The molecule has 0 fully saturated rings. The first-order valence-corrected chi connectivity index (χ1v) is 9.76. The average molecular weight is 353 g/mol. The van der Waals surface area contributed by atoms with E-state index in [4.69, 9.17) is 0 Å². The predicted octanol–water partition coefficient (Wildman–Crippen LogP) is 1.62. The first-order chi connectivity index (χ1) is 11.1. The van der Waals surface area contributed by atoms with Gasteiger partial charge < -0.3 is 10.6 Å². The second-order valence-corrected chi connectivity index (χ2v) is 8.58. The van der Waals surface area contributed by atoms with Gasteiger partial charge in [-0.1, -0.05) is 13.8 Å². The summed E-state index contributed by atoms with van der Waals surface area (Å²) in [6.45, 7) is 5.75. The van der Waals surface area contributed by atoms with Crippen molar-refractivity contribution in [1.29, 1.82) is 0 Å². The topological polar surface area (TPSA) is 105 Å². The lowest BCUT2D eigenvalue weighted by molar-refractivity contribution is 0.247. The monoisotopic (exact) mass is 353 g/mol. The van der Waals surface area contributed by atoms with Gasteiger partial charge in [0.1, 0.15) is 15.7 Å². The number of amides is 2. The van der Waals surface area contributed by atoms with Crippen molar-refractivity contribution in [2.24, 2.45) is 5.92 Å². The third-order valence-corrected chi connectivity index (χ3v) is 4.30. The van der Waals surface area contributed by atoms with Crippen molar-refractivity contribution >= 4 is 27.2 Å². The average Bonchev–Trinajstić information content (AvgIpc) is 2.74. The third-order valence-electron chi connectivity index (χ3n) is 3.29. The van der Waals surface area contributed by atoms with Gasteiger partial charge in [0.2, 0.25) is 0 Å². The summed E-state index contributed by atoms with van der Waals surface area (Å²) in [4.78, 5) is 16.4. The molecule has 0 saturated heterocycles. The number of rotatable bonds is 6. The van der Waals surface area contributed by atoms with E-state index in [1.807, 2.05) is 13.8 Å². The van der Waals surface area contributed by atoms with Crippen LogP contribution in [0, 0.1) is 12.8 Å². The first-order valence-electron chi connectivity index (χ1n) is 7.70. The van der Waals surface area contributed by atoms with Crippen LogP contribution in [0.3, 0.4) is 0 Å². The number of aromatic nitrogens is 3. The molecule has 0 saturated carbocycles. The van der Waals surface area contributed by atoms with Crippen LogP contribution in [0.15, 0.2) is 18.3 Å². The van der Waals surface area contributed by atoms with Crippen molar-refractivity contribution in [3.05, 3.63) is 24.2 Å². The molecule has 0 radical (unpaired) electrons. The molecule has 0 aromatic carbocycles. The maximum absolute atomic E-state index is 12.2. The van der Waals surface area contributed by atoms with Gasteiger partial charge in [0, 0.05) is 12.3 Å². The molecule has 2 N–H and O–H groups in total. The number of hydrogen-bond donors (Lipinski definition) is 2. The number of anilines is 1. The van der Waals surface area contributed by atoms with E-state index in [0.717, 1.165) is 0 Å². The lowest BCUT2D eigenvalue weighted by Gasteiger charge is -2.20. The number of sulfone groups is 1. The Morgan fingerprint density at radius 2 is 2.04 bits per heavy atom. The fraction of sp³-hybridized carbons (Fsp3) is 0.533. The Morgan fingerprint density at radius 1 is 1.33 bits per heavy atom. The first kappa shape index (κ1) is 18.2. The summed E-state index contributed by atoms with van der Waals surface area (Å²) in [6, 6.07) is 2.59. The van der Waals surface area contributed by atoms with Gasteiger partial charge in [-0.2, -0.15) is 5.10 Å². The number of carbonyl (C=O) groups excluding carboxylic acids is 1. The highest BCUT2D eigenvalue weighted by atomic mass is 32.2. The molecule has 2 aromatic rings. The van der Waals surface area contributed by atoms with E-state index < -0.39 is 21.9 Å². The molecule has 132 valence electrons. The molecule has 0 bridgehead atoms. The van der Waals surface area contributed by atoms with Crippen molar-refractivity contribution in [1.82, 2.24) is 19.9 Å². The van der Waals surface area contributed by atoms with Gasteiger partial charge in [-0.25, -0.2) is 22.7 Å². The van der Waals surface area contributed by atoms with E-state index >= 15 is 0 Å². The standard InChI is InChI=1S/C15H23N5O3S/c1-10(2)7-13(9-24(4,22)23)18-15(21)17-12-5-6-14-16-11(3)19-20(14)8-12/h5-6,8,10,13H,7,9H2,1-4H3,(H2,17,18,21)/t13-/m1/s1. The van der Waals surface area contributed by atoms with Gasteiger partial charge >= 0.3 is 6.03 Å². The van der Waals surface area contributed by atoms with Crippen LogP contribution in [-0.2, 0) is 9.84 Å². The summed E-state index contributed by atoms with van der Waals surface area (Å²) >= 11 is 0. The Hall–Kier alpha value is -2.16. The Balaban J connectivity index is 2.05. The normalized spacial score (nSPS) is 13.2. The minimum absolute atomic E-state index is 0.0834. The SMILES string of the molecule is Cc1nc2ccc(NC(=O)N[C@H](CC(C)C)CS(C)(=O)=O)cn2n1. The minimum Gasteiger partial charge on any atom is -0.334 e. The number of nitrogens with zero attached hydrogens (tertiary/aromatic N) is 3. The van der Waals surface area contributed by atoms with Crippen LogP contribution >= 0.6 is 0 Å². The highest BCUT2D eigenvalue weighted by Crippen LogP contribution is 2.11. The lowest BCUT2D eigenvalue weighted by Crippen LogP contribution is -2.42. The van der Waals surface area contributed by atoms with Crippen molar-refractivity contribution < 1.29 is 13.2 Å². The number of urea groups is 1. The molecule has 8 nitrogen and oxygen atoms in total. The van der Waals surface area contributed by atoms with Crippen LogP contribution in [0.25, 0.3) is 5.65 Å². The Labute approximate surface area is 141 Å². The predicted molar refractivity (Wildman–Crippen MR) is 92.8 cm³/mol. The molecule has 0 spiro atoms. The maximum atomic E-state index is 12.2. The van der Waals surface area contributed by atoms with E-state index in [1.165, 1.54) is 6.26 Å². The molecule has 0 unspecified atom stereocenters. The Morgan fingerprint density at radius 3 is 2.67 bits per heavy atom. The van der Waals surface area contributed by atoms with Gasteiger partial charge in [-0.05, 0) is 31.4 Å². The molecule has 2 heterocycles. The summed E-state index contributed by atoms with van der Waals surface area (Å²) < 4.78 is 24.6. The number of pyridine rings is 1. The summed E-state index contributed by atoms with van der Waals surface area (Å²) in [6.07, 6.45) is 3.41. The van der Waals surface area contributed by atoms with Crippen LogP contribution in [-0.4, -0.2) is 47.1 Å². The fourth-order valence-corrected chi connectivity index (χ4v) is 3.47. The number of fused-ring (bicyclic) bond motifs is 1. The van der Waals surface area contributed by atoms with E-state index in [-0.39, 0.29) is 11.7 Å². The molecule has 2 rings (SSSR count). The van der Waals surface area contributed by atoms with Crippen molar-refractivity contribution in [3.8, 4) is 0 Å². The van der Waals surface area contributed by atoms with Gasteiger partial charge in [0.05, 0.1) is 17.6 Å². The molecule has 0 aliphatic carbocycles. The van der Waals surface area contributed by atoms with Crippen molar-refractivity contribution in [3.63, 3.8) is 0 Å². The zero-order valence-corrected chi connectivity index (χ0v) is 15.1. The second kappa shape index (κ2) is 7.16. The van der Waals surface area contributed by atoms with E-state index in [2.05, 4.69) is 20.7 Å². The zero-order chi connectivity index (χ0) is 17.9. The maximum Gasteiger partial charge on any atom is 0.319 e. The van der Waals surface area contributed by atoms with Crippen molar-refractivity contribution in [2.45, 2.75) is 33.2 Å². The molecule has 2 aromatic heterocycles.